The number of benzene rings is 1. The Labute approximate surface area is 138 Å². The first-order valence-corrected chi connectivity index (χ1v) is 7.32. The Balaban J connectivity index is 1.83. The van der Waals surface area contributed by atoms with E-state index >= 15 is 0 Å². The molecular weight excluding hydrogens is 310 g/mol. The molecule has 0 saturated heterocycles. The van der Waals surface area contributed by atoms with Gasteiger partial charge in [0.15, 0.2) is 0 Å². The van der Waals surface area contributed by atoms with Gasteiger partial charge in [0.05, 0.1) is 24.3 Å². The molecule has 2 aromatic rings. The van der Waals surface area contributed by atoms with Crippen LogP contribution in [0.4, 0.5) is 5.69 Å². The van der Waals surface area contributed by atoms with E-state index in [0.717, 1.165) is 4.90 Å². The smallest absolute Gasteiger partial charge is 0.261 e. The minimum Gasteiger partial charge on any atom is -0.383 e. The molecule has 1 aromatic heterocycles. The average Bonchev–Trinajstić information content (AvgIpc) is 2.84. The molecule has 7 nitrogen and oxygen atoms in total. The number of hydrogen-bond donors (Lipinski definition) is 1. The summed E-state index contributed by atoms with van der Waals surface area (Å²) in [7, 11) is 1.50. The number of methoxy groups -OCH3 is 1. The summed E-state index contributed by atoms with van der Waals surface area (Å²) >= 11 is 0. The van der Waals surface area contributed by atoms with Crippen molar-refractivity contribution in [1.29, 1.82) is 0 Å². The van der Waals surface area contributed by atoms with Crippen LogP contribution in [0.15, 0.2) is 42.7 Å². The van der Waals surface area contributed by atoms with Gasteiger partial charge < -0.3 is 10.1 Å². The Hall–Kier alpha value is -3.06. The topological polar surface area (TPSA) is 88.6 Å². The van der Waals surface area contributed by atoms with E-state index in [1.165, 1.54) is 25.3 Å². The van der Waals surface area contributed by atoms with Crippen LogP contribution < -0.4 is 5.32 Å². The highest BCUT2D eigenvalue weighted by molar-refractivity contribution is 6.22. The molecule has 0 fully saturated rings. The number of fused-ring (bicyclic) bond motifs is 1. The first-order chi connectivity index (χ1) is 11.6. The number of pyridine rings is 1. The molecule has 0 aliphatic carbocycles. The van der Waals surface area contributed by atoms with Crippen molar-refractivity contribution in [3.63, 3.8) is 0 Å². The lowest BCUT2D eigenvalue weighted by molar-refractivity contribution is 0.0603. The van der Waals surface area contributed by atoms with Crippen LogP contribution in [0.5, 0.6) is 0 Å². The maximum Gasteiger partial charge on any atom is 0.261 e. The lowest BCUT2D eigenvalue weighted by Gasteiger charge is -2.12. The van der Waals surface area contributed by atoms with Crippen molar-refractivity contribution < 1.29 is 19.1 Å². The zero-order chi connectivity index (χ0) is 17.1. The third-order valence-corrected chi connectivity index (χ3v) is 3.69. The van der Waals surface area contributed by atoms with Gasteiger partial charge in [-0.15, -0.1) is 0 Å². The number of nitrogens with one attached hydrogen (secondary N) is 1. The van der Waals surface area contributed by atoms with Crippen molar-refractivity contribution in [3.05, 3.63) is 59.4 Å². The van der Waals surface area contributed by atoms with Crippen LogP contribution in [-0.2, 0) is 4.74 Å². The van der Waals surface area contributed by atoms with Crippen molar-refractivity contribution >= 4 is 23.4 Å². The van der Waals surface area contributed by atoms with Gasteiger partial charge in [0.25, 0.3) is 17.7 Å². The zero-order valence-corrected chi connectivity index (χ0v) is 13.0. The number of carbonyl (C=O) groups is 3. The number of amides is 3. The third kappa shape index (κ3) is 2.89. The number of aromatic nitrogens is 1. The summed E-state index contributed by atoms with van der Waals surface area (Å²) in [4.78, 5) is 41.9. The molecule has 122 valence electrons. The second-order valence-corrected chi connectivity index (χ2v) is 5.21. The van der Waals surface area contributed by atoms with Crippen LogP contribution >= 0.6 is 0 Å². The number of imide groups is 1. The van der Waals surface area contributed by atoms with E-state index in [9.17, 15) is 14.4 Å². The molecule has 7 heteroatoms. The summed E-state index contributed by atoms with van der Waals surface area (Å²) in [6.07, 6.45) is 3.13. The first kappa shape index (κ1) is 15.8. The van der Waals surface area contributed by atoms with Gasteiger partial charge in [0.2, 0.25) is 0 Å². The van der Waals surface area contributed by atoms with Crippen molar-refractivity contribution in [2.45, 2.75) is 0 Å². The second-order valence-electron chi connectivity index (χ2n) is 5.21. The Morgan fingerprint density at radius 3 is 2.54 bits per heavy atom. The van der Waals surface area contributed by atoms with E-state index in [-0.39, 0.29) is 30.5 Å². The largest absolute Gasteiger partial charge is 0.383 e. The lowest BCUT2D eigenvalue weighted by atomic mass is 10.1. The fourth-order valence-electron chi connectivity index (χ4n) is 2.46. The summed E-state index contributed by atoms with van der Waals surface area (Å²) in [6.45, 7) is 0.447. The molecule has 0 radical (unpaired) electrons. The normalized spacial score (nSPS) is 13.1. The van der Waals surface area contributed by atoms with Crippen molar-refractivity contribution in [2.75, 3.05) is 25.6 Å². The van der Waals surface area contributed by atoms with E-state index in [2.05, 4.69) is 10.3 Å². The van der Waals surface area contributed by atoms with Crippen LogP contribution in [-0.4, -0.2) is 47.9 Å². The number of nitrogens with zero attached hydrogens (tertiary/aromatic N) is 2. The number of ether oxygens (including phenoxy) is 1. The molecule has 3 amide bonds. The Morgan fingerprint density at radius 2 is 1.83 bits per heavy atom. The number of hydrogen-bond acceptors (Lipinski definition) is 5. The molecule has 1 N–H and O–H groups in total. The van der Waals surface area contributed by atoms with E-state index in [4.69, 9.17) is 4.74 Å². The molecular formula is C17H15N3O4. The Bertz CT molecular complexity index is 805. The van der Waals surface area contributed by atoms with Gasteiger partial charge in [-0.2, -0.15) is 0 Å². The van der Waals surface area contributed by atoms with E-state index in [1.807, 2.05) is 0 Å². The molecule has 0 saturated carbocycles. The summed E-state index contributed by atoms with van der Waals surface area (Å²) in [5.74, 6) is -1.14. The molecule has 0 unspecified atom stereocenters. The molecule has 1 aromatic carbocycles. The molecule has 2 heterocycles. The third-order valence-electron chi connectivity index (χ3n) is 3.69. The number of anilines is 1. The SMILES string of the molecule is COCCN1C(=O)c2ccc(C(=O)Nc3ccncc3)cc2C1=O. The highest BCUT2D eigenvalue weighted by atomic mass is 16.5. The summed E-state index contributed by atoms with van der Waals surface area (Å²) < 4.78 is 4.91. The molecule has 3 rings (SSSR count). The molecule has 0 bridgehead atoms. The van der Waals surface area contributed by atoms with E-state index < -0.39 is 5.91 Å². The lowest BCUT2D eigenvalue weighted by Crippen LogP contribution is -2.32. The maximum atomic E-state index is 12.4. The van der Waals surface area contributed by atoms with Crippen LogP contribution in [0.2, 0.25) is 0 Å². The monoisotopic (exact) mass is 325 g/mol. The Kier molecular flexibility index (Phi) is 4.35. The summed E-state index contributed by atoms with van der Waals surface area (Å²) in [6, 6.07) is 7.79. The highest BCUT2D eigenvalue weighted by Crippen LogP contribution is 2.24. The van der Waals surface area contributed by atoms with E-state index in [1.54, 1.807) is 24.5 Å². The van der Waals surface area contributed by atoms with Gasteiger partial charge in [0.1, 0.15) is 0 Å². The van der Waals surface area contributed by atoms with Crippen LogP contribution in [0.1, 0.15) is 31.1 Å². The molecule has 24 heavy (non-hydrogen) atoms. The molecule has 0 spiro atoms. The fourth-order valence-corrected chi connectivity index (χ4v) is 2.46. The maximum absolute atomic E-state index is 12.4. The quantitative estimate of drug-likeness (QED) is 0.843. The molecule has 1 aliphatic rings. The zero-order valence-electron chi connectivity index (χ0n) is 13.0. The minimum atomic E-state index is -0.411. The van der Waals surface area contributed by atoms with E-state index in [0.29, 0.717) is 16.8 Å². The number of rotatable bonds is 5. The molecule has 1 aliphatic heterocycles. The van der Waals surface area contributed by atoms with Gasteiger partial charge in [0, 0.05) is 30.8 Å². The van der Waals surface area contributed by atoms with Gasteiger partial charge in [-0.05, 0) is 30.3 Å². The second kappa shape index (κ2) is 6.59. The fraction of sp³-hybridized carbons (Fsp3) is 0.176. The number of carbonyl (C=O) groups excluding carboxylic acids is 3. The van der Waals surface area contributed by atoms with Crippen LogP contribution in [0.3, 0.4) is 0 Å². The van der Waals surface area contributed by atoms with Gasteiger partial charge in [-0.25, -0.2) is 0 Å². The van der Waals surface area contributed by atoms with Gasteiger partial charge in [-0.3, -0.25) is 24.3 Å². The van der Waals surface area contributed by atoms with Crippen molar-refractivity contribution in [2.24, 2.45) is 0 Å². The highest BCUT2D eigenvalue weighted by Gasteiger charge is 2.35. The summed E-state index contributed by atoms with van der Waals surface area (Å²) in [5.41, 5.74) is 1.44. The van der Waals surface area contributed by atoms with Crippen LogP contribution in [0, 0.1) is 0 Å². The summed E-state index contributed by atoms with van der Waals surface area (Å²) in [5, 5.41) is 2.71. The van der Waals surface area contributed by atoms with Gasteiger partial charge >= 0.3 is 0 Å². The van der Waals surface area contributed by atoms with Crippen molar-refractivity contribution in [3.8, 4) is 0 Å². The van der Waals surface area contributed by atoms with Crippen molar-refractivity contribution in [1.82, 2.24) is 9.88 Å². The predicted molar refractivity (Wildman–Crippen MR) is 85.9 cm³/mol. The average molecular weight is 325 g/mol. The standard InChI is InChI=1S/C17H15N3O4/c1-24-9-8-20-16(22)13-3-2-11(10-14(13)17(20)23)15(21)19-12-4-6-18-7-5-12/h2-7,10H,8-9H2,1H3,(H,18,19,21). The minimum absolute atomic E-state index is 0.182. The Morgan fingerprint density at radius 1 is 1.12 bits per heavy atom. The first-order valence-electron chi connectivity index (χ1n) is 7.32. The van der Waals surface area contributed by atoms with Gasteiger partial charge in [-0.1, -0.05) is 0 Å². The predicted octanol–water partition coefficient (Wildman–Crippen LogP) is 1.58. The molecule has 0 atom stereocenters. The van der Waals surface area contributed by atoms with Crippen LogP contribution in [0.25, 0.3) is 0 Å².